The van der Waals surface area contributed by atoms with Crippen LogP contribution in [0.5, 0.6) is 11.5 Å². The Kier molecular flexibility index (Phi) is 3.38. The number of hydrogen-bond donors (Lipinski definition) is 1. The molecule has 1 aliphatic heterocycles. The molecule has 0 spiro atoms. The Morgan fingerprint density at radius 2 is 2.05 bits per heavy atom. The van der Waals surface area contributed by atoms with E-state index in [2.05, 4.69) is 30.3 Å². The first-order valence-corrected chi connectivity index (χ1v) is 7.34. The van der Waals surface area contributed by atoms with Crippen molar-refractivity contribution in [3.63, 3.8) is 0 Å². The van der Waals surface area contributed by atoms with Crippen molar-refractivity contribution in [3.05, 3.63) is 53.6 Å². The Morgan fingerprint density at radius 1 is 1.21 bits per heavy atom. The SMILES string of the molecule is COc1ccc(C2CSc3ccccc3C2)cc1O. The van der Waals surface area contributed by atoms with E-state index in [1.54, 1.807) is 7.11 Å². The highest BCUT2D eigenvalue weighted by Gasteiger charge is 2.21. The van der Waals surface area contributed by atoms with Gasteiger partial charge in [-0.05, 0) is 41.7 Å². The van der Waals surface area contributed by atoms with Crippen LogP contribution in [-0.4, -0.2) is 18.0 Å². The number of thioether (sulfide) groups is 1. The second-order valence-electron chi connectivity index (χ2n) is 4.75. The van der Waals surface area contributed by atoms with Gasteiger partial charge in [0.2, 0.25) is 0 Å². The second-order valence-corrected chi connectivity index (χ2v) is 5.81. The number of hydrogen-bond acceptors (Lipinski definition) is 3. The van der Waals surface area contributed by atoms with Crippen LogP contribution in [0.4, 0.5) is 0 Å². The standard InChI is InChI=1S/C16H16O2S/c1-18-15-7-6-11(9-14(15)17)13-8-12-4-2-3-5-16(12)19-10-13/h2-7,9,13,17H,8,10H2,1H3. The molecule has 0 saturated heterocycles. The van der Waals surface area contributed by atoms with Gasteiger partial charge in [0.05, 0.1) is 7.11 Å². The zero-order valence-electron chi connectivity index (χ0n) is 10.8. The Bertz CT molecular complexity index is 595. The molecule has 3 heteroatoms. The summed E-state index contributed by atoms with van der Waals surface area (Å²) in [6, 6.07) is 14.3. The van der Waals surface area contributed by atoms with Crippen LogP contribution in [0.1, 0.15) is 17.0 Å². The second kappa shape index (κ2) is 5.17. The van der Waals surface area contributed by atoms with Crippen molar-refractivity contribution in [1.82, 2.24) is 0 Å². The minimum atomic E-state index is 0.226. The lowest BCUT2D eigenvalue weighted by molar-refractivity contribution is 0.373. The number of phenolic OH excluding ortho intramolecular Hbond substituents is 1. The molecule has 19 heavy (non-hydrogen) atoms. The van der Waals surface area contributed by atoms with E-state index in [9.17, 15) is 5.11 Å². The van der Waals surface area contributed by atoms with E-state index in [0.29, 0.717) is 11.7 Å². The Hall–Kier alpha value is -1.61. The van der Waals surface area contributed by atoms with Gasteiger partial charge in [0.1, 0.15) is 0 Å². The van der Waals surface area contributed by atoms with Crippen molar-refractivity contribution < 1.29 is 9.84 Å². The fraction of sp³-hybridized carbons (Fsp3) is 0.250. The molecule has 2 aromatic rings. The molecular weight excluding hydrogens is 256 g/mol. The first-order valence-electron chi connectivity index (χ1n) is 6.35. The summed E-state index contributed by atoms with van der Waals surface area (Å²) >= 11 is 1.89. The molecule has 98 valence electrons. The quantitative estimate of drug-likeness (QED) is 0.901. The van der Waals surface area contributed by atoms with Crippen molar-refractivity contribution >= 4 is 11.8 Å². The topological polar surface area (TPSA) is 29.5 Å². The predicted molar refractivity (Wildman–Crippen MR) is 78.3 cm³/mol. The van der Waals surface area contributed by atoms with Crippen molar-refractivity contribution in [2.75, 3.05) is 12.9 Å². The van der Waals surface area contributed by atoms with Gasteiger partial charge in [-0.3, -0.25) is 0 Å². The van der Waals surface area contributed by atoms with Crippen LogP contribution in [0.2, 0.25) is 0 Å². The van der Waals surface area contributed by atoms with Crippen LogP contribution in [0.15, 0.2) is 47.4 Å². The largest absolute Gasteiger partial charge is 0.504 e. The van der Waals surface area contributed by atoms with E-state index in [1.165, 1.54) is 16.0 Å². The first-order chi connectivity index (χ1) is 9.28. The number of methoxy groups -OCH3 is 1. The zero-order chi connectivity index (χ0) is 13.2. The molecule has 1 N–H and O–H groups in total. The first kappa shape index (κ1) is 12.4. The summed E-state index contributed by atoms with van der Waals surface area (Å²) in [7, 11) is 1.57. The van der Waals surface area contributed by atoms with Crippen LogP contribution in [0.3, 0.4) is 0 Å². The third-order valence-corrected chi connectivity index (χ3v) is 4.83. The zero-order valence-corrected chi connectivity index (χ0v) is 11.6. The number of aromatic hydroxyl groups is 1. The number of rotatable bonds is 2. The minimum Gasteiger partial charge on any atom is -0.504 e. The highest BCUT2D eigenvalue weighted by molar-refractivity contribution is 7.99. The summed E-state index contributed by atoms with van der Waals surface area (Å²) in [4.78, 5) is 1.39. The van der Waals surface area contributed by atoms with Crippen LogP contribution in [0, 0.1) is 0 Å². The van der Waals surface area contributed by atoms with Crippen LogP contribution in [-0.2, 0) is 6.42 Å². The van der Waals surface area contributed by atoms with E-state index in [0.717, 1.165) is 12.2 Å². The van der Waals surface area contributed by atoms with E-state index in [-0.39, 0.29) is 5.75 Å². The van der Waals surface area contributed by atoms with Crippen LogP contribution < -0.4 is 4.74 Å². The number of phenols is 1. The van der Waals surface area contributed by atoms with Gasteiger partial charge in [-0.15, -0.1) is 11.8 Å². The molecular formula is C16H16O2S. The highest BCUT2D eigenvalue weighted by atomic mass is 32.2. The number of fused-ring (bicyclic) bond motifs is 1. The molecule has 3 rings (SSSR count). The van der Waals surface area contributed by atoms with Crippen LogP contribution in [0.25, 0.3) is 0 Å². The molecule has 0 radical (unpaired) electrons. The molecule has 0 aromatic heterocycles. The summed E-state index contributed by atoms with van der Waals surface area (Å²) in [5, 5.41) is 9.89. The molecule has 2 aromatic carbocycles. The molecule has 0 amide bonds. The van der Waals surface area contributed by atoms with E-state index in [4.69, 9.17) is 4.74 Å². The molecule has 2 nitrogen and oxygen atoms in total. The maximum Gasteiger partial charge on any atom is 0.160 e. The lowest BCUT2D eigenvalue weighted by Crippen LogP contribution is -2.11. The molecule has 0 saturated carbocycles. The van der Waals surface area contributed by atoms with Crippen molar-refractivity contribution in [2.45, 2.75) is 17.2 Å². The lowest BCUT2D eigenvalue weighted by Gasteiger charge is -2.24. The Labute approximate surface area is 117 Å². The molecule has 1 atom stereocenters. The predicted octanol–water partition coefficient (Wildman–Crippen LogP) is 3.83. The number of ether oxygens (including phenoxy) is 1. The Morgan fingerprint density at radius 3 is 2.84 bits per heavy atom. The molecule has 1 heterocycles. The van der Waals surface area contributed by atoms with Crippen molar-refractivity contribution in [2.24, 2.45) is 0 Å². The number of benzene rings is 2. The Balaban J connectivity index is 1.87. The smallest absolute Gasteiger partial charge is 0.160 e. The maximum absolute atomic E-state index is 9.89. The van der Waals surface area contributed by atoms with E-state index >= 15 is 0 Å². The fourth-order valence-corrected chi connectivity index (χ4v) is 3.71. The van der Waals surface area contributed by atoms with Gasteiger partial charge in [-0.2, -0.15) is 0 Å². The van der Waals surface area contributed by atoms with Crippen molar-refractivity contribution in [3.8, 4) is 11.5 Å². The molecule has 1 unspecified atom stereocenters. The maximum atomic E-state index is 9.89. The highest BCUT2D eigenvalue weighted by Crippen LogP contribution is 2.39. The van der Waals surface area contributed by atoms with Gasteiger partial charge < -0.3 is 9.84 Å². The monoisotopic (exact) mass is 272 g/mol. The molecule has 1 aliphatic rings. The van der Waals surface area contributed by atoms with Gasteiger partial charge >= 0.3 is 0 Å². The van der Waals surface area contributed by atoms with Gasteiger partial charge in [0.15, 0.2) is 11.5 Å². The third kappa shape index (κ3) is 2.43. The third-order valence-electron chi connectivity index (χ3n) is 3.55. The van der Waals surface area contributed by atoms with Crippen molar-refractivity contribution in [1.29, 1.82) is 0 Å². The summed E-state index contributed by atoms with van der Waals surface area (Å²) < 4.78 is 5.09. The van der Waals surface area contributed by atoms with Crippen LogP contribution >= 0.6 is 11.8 Å². The summed E-state index contributed by atoms with van der Waals surface area (Å²) in [6.45, 7) is 0. The van der Waals surface area contributed by atoms with Gasteiger partial charge in [-0.1, -0.05) is 24.3 Å². The molecule has 0 aliphatic carbocycles. The van der Waals surface area contributed by atoms with Gasteiger partial charge in [-0.25, -0.2) is 0 Å². The molecule has 0 fully saturated rings. The summed E-state index contributed by atoms with van der Waals surface area (Å²) in [5.41, 5.74) is 2.58. The summed E-state index contributed by atoms with van der Waals surface area (Å²) in [6.07, 6.45) is 1.04. The molecule has 0 bridgehead atoms. The lowest BCUT2D eigenvalue weighted by atomic mass is 9.93. The van der Waals surface area contributed by atoms with Gasteiger partial charge in [0, 0.05) is 10.6 Å². The minimum absolute atomic E-state index is 0.226. The van der Waals surface area contributed by atoms with E-state index < -0.39 is 0 Å². The average Bonchev–Trinajstić information content (AvgIpc) is 2.46. The fourth-order valence-electron chi connectivity index (χ4n) is 2.50. The summed E-state index contributed by atoms with van der Waals surface area (Å²) in [5.74, 6) is 2.27. The average molecular weight is 272 g/mol. The van der Waals surface area contributed by atoms with Gasteiger partial charge in [0.25, 0.3) is 0 Å². The normalized spacial score (nSPS) is 17.8. The van der Waals surface area contributed by atoms with E-state index in [1.807, 2.05) is 23.9 Å².